The molecule has 58 valence electrons. The van der Waals surface area contributed by atoms with E-state index in [1.54, 1.807) is 0 Å². The van der Waals surface area contributed by atoms with Gasteiger partial charge in [0.2, 0.25) is 0 Å². The molecule has 0 unspecified atom stereocenters. The van der Waals surface area contributed by atoms with Crippen LogP contribution in [0.15, 0.2) is 0 Å². The van der Waals surface area contributed by atoms with Gasteiger partial charge >= 0.3 is 5.97 Å². The van der Waals surface area contributed by atoms with Crippen molar-refractivity contribution in [3.63, 3.8) is 0 Å². The first-order valence-electron chi connectivity index (χ1n) is 3.50. The van der Waals surface area contributed by atoms with Gasteiger partial charge in [0.25, 0.3) is 0 Å². The first kappa shape index (κ1) is 7.54. The van der Waals surface area contributed by atoms with Crippen molar-refractivity contribution in [2.45, 2.75) is 25.9 Å². The summed E-state index contributed by atoms with van der Waals surface area (Å²) in [6.07, 6.45) is 0. The maximum absolute atomic E-state index is 10.8. The number of carbonyl (C=O) groups is 1. The van der Waals surface area contributed by atoms with Gasteiger partial charge in [-0.2, -0.15) is 0 Å². The molecule has 1 heterocycles. The number of ether oxygens (including phenoxy) is 1. The first-order valence-corrected chi connectivity index (χ1v) is 3.50. The molecule has 1 rings (SSSR count). The van der Waals surface area contributed by atoms with E-state index < -0.39 is 0 Å². The van der Waals surface area contributed by atoms with Crippen molar-refractivity contribution in [3.8, 4) is 0 Å². The molecule has 0 aromatic heterocycles. The highest BCUT2D eigenvalue weighted by Gasteiger charge is 2.44. The molecule has 0 bridgehead atoms. The molecule has 0 aromatic carbocycles. The zero-order valence-electron chi connectivity index (χ0n) is 6.55. The van der Waals surface area contributed by atoms with Crippen LogP contribution in [0.3, 0.4) is 0 Å². The molecule has 3 nitrogen and oxygen atoms in total. The number of carbonyl (C=O) groups excluding carboxylic acids is 1. The molecule has 1 aliphatic heterocycles. The summed E-state index contributed by atoms with van der Waals surface area (Å²) in [4.78, 5) is 10.8. The zero-order chi connectivity index (χ0) is 7.72. The SMILES string of the molecule is COC(=O)[C@@H]1N[C@H]1C(C)C. The van der Waals surface area contributed by atoms with Crippen molar-refractivity contribution < 1.29 is 9.53 Å². The van der Waals surface area contributed by atoms with Crippen LogP contribution in [0, 0.1) is 5.92 Å². The standard InChI is InChI=1S/C7H13NO2/c1-4(2)5-6(8-5)7(9)10-3/h4-6,8H,1-3H3/t5-,6+/m0/s1. The Hall–Kier alpha value is -0.570. The molecule has 2 atom stereocenters. The Morgan fingerprint density at radius 3 is 2.50 bits per heavy atom. The lowest BCUT2D eigenvalue weighted by molar-refractivity contribution is -0.140. The Balaban J connectivity index is 2.31. The van der Waals surface area contributed by atoms with Crippen molar-refractivity contribution in [2.75, 3.05) is 7.11 Å². The second kappa shape index (κ2) is 2.58. The number of methoxy groups -OCH3 is 1. The highest BCUT2D eigenvalue weighted by Crippen LogP contribution is 2.20. The van der Waals surface area contributed by atoms with E-state index in [0.29, 0.717) is 12.0 Å². The summed E-state index contributed by atoms with van der Waals surface area (Å²) in [5.74, 6) is 0.378. The van der Waals surface area contributed by atoms with E-state index in [2.05, 4.69) is 23.9 Å². The van der Waals surface area contributed by atoms with Crippen molar-refractivity contribution >= 4 is 5.97 Å². The minimum Gasteiger partial charge on any atom is -0.468 e. The molecule has 1 fully saturated rings. The summed E-state index contributed by atoms with van der Waals surface area (Å²) < 4.78 is 4.55. The van der Waals surface area contributed by atoms with E-state index in [1.165, 1.54) is 7.11 Å². The van der Waals surface area contributed by atoms with Gasteiger partial charge < -0.3 is 4.74 Å². The topological polar surface area (TPSA) is 48.2 Å². The van der Waals surface area contributed by atoms with Gasteiger partial charge in [0.1, 0.15) is 6.04 Å². The van der Waals surface area contributed by atoms with E-state index in [-0.39, 0.29) is 12.0 Å². The summed E-state index contributed by atoms with van der Waals surface area (Å²) in [6, 6.07) is 0.303. The number of hydrogen-bond donors (Lipinski definition) is 1. The summed E-state index contributed by atoms with van der Waals surface area (Å²) in [6.45, 7) is 4.17. The first-order chi connectivity index (χ1) is 4.66. The minimum absolute atomic E-state index is 0.0370. The van der Waals surface area contributed by atoms with E-state index in [0.717, 1.165) is 0 Å². The van der Waals surface area contributed by atoms with Gasteiger partial charge in [0, 0.05) is 6.04 Å². The smallest absolute Gasteiger partial charge is 0.324 e. The van der Waals surface area contributed by atoms with Gasteiger partial charge in [-0.3, -0.25) is 10.1 Å². The lowest BCUT2D eigenvalue weighted by Gasteiger charge is -1.97. The largest absolute Gasteiger partial charge is 0.468 e. The number of rotatable bonds is 2. The molecular weight excluding hydrogens is 130 g/mol. The third-order valence-electron chi connectivity index (χ3n) is 1.80. The molecular formula is C7H13NO2. The van der Waals surface area contributed by atoms with Crippen LogP contribution in [0.2, 0.25) is 0 Å². The highest BCUT2D eigenvalue weighted by atomic mass is 16.5. The molecule has 1 aliphatic rings. The van der Waals surface area contributed by atoms with Crippen molar-refractivity contribution in [2.24, 2.45) is 5.92 Å². The zero-order valence-corrected chi connectivity index (χ0v) is 6.55. The molecule has 0 aromatic rings. The van der Waals surface area contributed by atoms with Crippen LogP contribution in [0.25, 0.3) is 0 Å². The quantitative estimate of drug-likeness (QED) is 0.442. The normalized spacial score (nSPS) is 30.4. The molecule has 10 heavy (non-hydrogen) atoms. The average molecular weight is 143 g/mol. The van der Waals surface area contributed by atoms with Crippen LogP contribution in [-0.4, -0.2) is 25.2 Å². The van der Waals surface area contributed by atoms with Gasteiger partial charge in [-0.1, -0.05) is 13.8 Å². The number of hydrogen-bond acceptors (Lipinski definition) is 3. The minimum atomic E-state index is -0.140. The third-order valence-corrected chi connectivity index (χ3v) is 1.80. The fourth-order valence-electron chi connectivity index (χ4n) is 1.07. The fourth-order valence-corrected chi connectivity index (χ4v) is 1.07. The number of esters is 1. The molecule has 1 saturated heterocycles. The Morgan fingerprint density at radius 2 is 2.20 bits per heavy atom. The Labute approximate surface area is 60.7 Å². The Morgan fingerprint density at radius 1 is 1.60 bits per heavy atom. The Bertz CT molecular complexity index is 145. The lowest BCUT2D eigenvalue weighted by Crippen LogP contribution is -2.14. The van der Waals surface area contributed by atoms with Crippen LogP contribution < -0.4 is 5.32 Å². The summed E-state index contributed by atoms with van der Waals surface area (Å²) >= 11 is 0. The lowest BCUT2D eigenvalue weighted by atomic mass is 10.1. The van der Waals surface area contributed by atoms with Crippen LogP contribution in [0.5, 0.6) is 0 Å². The maximum Gasteiger partial charge on any atom is 0.324 e. The summed E-state index contributed by atoms with van der Waals surface area (Å²) in [7, 11) is 1.42. The van der Waals surface area contributed by atoms with Crippen molar-refractivity contribution in [3.05, 3.63) is 0 Å². The predicted molar refractivity (Wildman–Crippen MR) is 37.6 cm³/mol. The fraction of sp³-hybridized carbons (Fsp3) is 0.857. The molecule has 0 saturated carbocycles. The van der Waals surface area contributed by atoms with E-state index in [1.807, 2.05) is 0 Å². The van der Waals surface area contributed by atoms with Crippen molar-refractivity contribution in [1.82, 2.24) is 5.32 Å². The van der Waals surface area contributed by atoms with Crippen molar-refractivity contribution in [1.29, 1.82) is 0 Å². The van der Waals surface area contributed by atoms with E-state index in [9.17, 15) is 4.79 Å². The molecule has 0 spiro atoms. The monoisotopic (exact) mass is 143 g/mol. The predicted octanol–water partition coefficient (Wildman–Crippen LogP) is 0.156. The van der Waals surface area contributed by atoms with Crippen LogP contribution >= 0.6 is 0 Å². The average Bonchev–Trinajstić information content (AvgIpc) is 2.64. The van der Waals surface area contributed by atoms with Gasteiger partial charge in [0.15, 0.2) is 0 Å². The van der Waals surface area contributed by atoms with Gasteiger partial charge in [-0.25, -0.2) is 0 Å². The highest BCUT2D eigenvalue weighted by molar-refractivity contribution is 5.80. The molecule has 0 radical (unpaired) electrons. The third kappa shape index (κ3) is 1.29. The van der Waals surface area contributed by atoms with Gasteiger partial charge in [0.05, 0.1) is 7.11 Å². The van der Waals surface area contributed by atoms with Crippen LogP contribution in [0.1, 0.15) is 13.8 Å². The molecule has 3 heteroatoms. The maximum atomic E-state index is 10.8. The van der Waals surface area contributed by atoms with Gasteiger partial charge in [-0.05, 0) is 5.92 Å². The van der Waals surface area contributed by atoms with Crippen LogP contribution in [0.4, 0.5) is 0 Å². The Kier molecular flexibility index (Phi) is 1.94. The summed E-state index contributed by atoms with van der Waals surface area (Å²) in [5.41, 5.74) is 0. The molecule has 1 N–H and O–H groups in total. The van der Waals surface area contributed by atoms with Gasteiger partial charge in [-0.15, -0.1) is 0 Å². The van der Waals surface area contributed by atoms with E-state index in [4.69, 9.17) is 0 Å². The molecule has 0 aliphatic carbocycles. The second-order valence-electron chi connectivity index (χ2n) is 2.94. The summed E-state index contributed by atoms with van der Waals surface area (Å²) in [5, 5.41) is 3.04. The second-order valence-corrected chi connectivity index (χ2v) is 2.94. The van der Waals surface area contributed by atoms with E-state index >= 15 is 0 Å². The molecule has 0 amide bonds. The number of nitrogens with one attached hydrogen (secondary N) is 1. The van der Waals surface area contributed by atoms with Crippen LogP contribution in [-0.2, 0) is 9.53 Å².